The van der Waals surface area contributed by atoms with Crippen LogP contribution >= 0.6 is 0 Å². The third kappa shape index (κ3) is 3.14. The van der Waals surface area contributed by atoms with E-state index in [9.17, 15) is 35.5 Å². The summed E-state index contributed by atoms with van der Waals surface area (Å²) in [6, 6.07) is 3.97. The molecule has 1 aliphatic rings. The maximum absolute atomic E-state index is 13.3. The topological polar surface area (TPSA) is 63.6 Å². The van der Waals surface area contributed by atoms with Crippen molar-refractivity contribution < 1.29 is 40.2 Å². The lowest BCUT2D eigenvalue weighted by Crippen LogP contribution is -2.24. The number of sulfone groups is 1. The van der Waals surface area contributed by atoms with Crippen LogP contribution < -0.4 is 4.74 Å². The number of aliphatic hydroxyl groups excluding tert-OH is 1. The van der Waals surface area contributed by atoms with Gasteiger partial charge >= 0.3 is 5.51 Å². The summed E-state index contributed by atoms with van der Waals surface area (Å²) in [6.07, 6.45) is -1.39. The van der Waals surface area contributed by atoms with Crippen molar-refractivity contribution in [3.05, 3.63) is 53.1 Å². The summed E-state index contributed by atoms with van der Waals surface area (Å²) >= 11 is 0. The molecule has 0 bridgehead atoms. The highest BCUT2D eigenvalue weighted by Gasteiger charge is 2.49. The monoisotopic (exact) mass is 394 g/mol. The molecule has 0 amide bonds. The first-order valence-corrected chi connectivity index (χ1v) is 8.78. The zero-order valence-electron chi connectivity index (χ0n) is 12.8. The molecule has 0 radical (unpaired) electrons. The maximum atomic E-state index is 13.3. The molecule has 0 saturated heterocycles. The molecule has 0 aliphatic heterocycles. The largest absolute Gasteiger partial charge is 0.501 e. The van der Waals surface area contributed by atoms with Crippen molar-refractivity contribution in [3.63, 3.8) is 0 Å². The first-order chi connectivity index (χ1) is 12.0. The second-order valence-electron chi connectivity index (χ2n) is 5.66. The first-order valence-electron chi connectivity index (χ1n) is 7.30. The van der Waals surface area contributed by atoms with Gasteiger partial charge in [-0.2, -0.15) is 13.2 Å². The molecule has 1 aliphatic carbocycles. The second-order valence-corrected chi connectivity index (χ2v) is 7.57. The number of hydrogen-bond acceptors (Lipinski definition) is 4. The highest BCUT2D eigenvalue weighted by atomic mass is 32.2. The van der Waals surface area contributed by atoms with Gasteiger partial charge in [-0.1, -0.05) is 0 Å². The maximum Gasteiger partial charge on any atom is 0.501 e. The minimum Gasteiger partial charge on any atom is -0.457 e. The zero-order valence-corrected chi connectivity index (χ0v) is 13.7. The molecule has 1 atom stereocenters. The molecule has 0 aromatic heterocycles. The summed E-state index contributed by atoms with van der Waals surface area (Å²) < 4.78 is 93.9. The molecule has 2 aromatic carbocycles. The Balaban J connectivity index is 2.11. The van der Waals surface area contributed by atoms with Crippen LogP contribution in [0.5, 0.6) is 11.5 Å². The van der Waals surface area contributed by atoms with E-state index >= 15 is 0 Å². The molecule has 10 heteroatoms. The molecular weight excluding hydrogens is 383 g/mol. The van der Waals surface area contributed by atoms with E-state index in [-0.39, 0.29) is 29.9 Å². The van der Waals surface area contributed by atoms with Crippen LogP contribution in [0.3, 0.4) is 0 Å². The molecule has 0 unspecified atom stereocenters. The van der Waals surface area contributed by atoms with E-state index in [0.717, 1.165) is 18.2 Å². The van der Waals surface area contributed by atoms with Crippen LogP contribution in [0.4, 0.5) is 22.0 Å². The Kier molecular flexibility index (Phi) is 4.43. The zero-order chi connectivity index (χ0) is 19.3. The molecule has 4 nitrogen and oxygen atoms in total. The summed E-state index contributed by atoms with van der Waals surface area (Å²) in [5, 5.41) is 9.96. The normalized spacial score (nSPS) is 17.2. The number of halogens is 5. The van der Waals surface area contributed by atoms with E-state index in [0.29, 0.717) is 12.1 Å². The van der Waals surface area contributed by atoms with Crippen LogP contribution in [0.1, 0.15) is 23.7 Å². The molecule has 26 heavy (non-hydrogen) atoms. The fraction of sp³-hybridized carbons (Fsp3) is 0.250. The van der Waals surface area contributed by atoms with E-state index in [1.807, 2.05) is 0 Å². The SMILES string of the molecule is O=S(=O)(c1ccc(Oc2cc(F)cc(F)c2)c2c1[C@H](O)CC2)C(F)(F)F. The van der Waals surface area contributed by atoms with Crippen LogP contribution in [0.25, 0.3) is 0 Å². The average Bonchev–Trinajstić information content (AvgIpc) is 2.88. The fourth-order valence-electron chi connectivity index (χ4n) is 2.84. The number of hydrogen-bond donors (Lipinski definition) is 1. The summed E-state index contributed by atoms with van der Waals surface area (Å²) in [4.78, 5) is -1.05. The Morgan fingerprint density at radius 2 is 1.69 bits per heavy atom. The number of ether oxygens (including phenoxy) is 1. The van der Waals surface area contributed by atoms with Crippen molar-refractivity contribution in [3.8, 4) is 11.5 Å². The first kappa shape index (κ1) is 18.6. The van der Waals surface area contributed by atoms with Crippen molar-refractivity contribution >= 4 is 9.84 Å². The highest BCUT2D eigenvalue weighted by Crippen LogP contribution is 2.45. The Morgan fingerprint density at radius 1 is 1.08 bits per heavy atom. The number of aliphatic hydroxyl groups is 1. The third-order valence-electron chi connectivity index (χ3n) is 3.93. The lowest BCUT2D eigenvalue weighted by Gasteiger charge is -2.17. The van der Waals surface area contributed by atoms with E-state index < -0.39 is 43.5 Å². The van der Waals surface area contributed by atoms with Crippen molar-refractivity contribution in [2.24, 2.45) is 0 Å². The summed E-state index contributed by atoms with van der Waals surface area (Å²) in [7, 11) is -5.67. The smallest absolute Gasteiger partial charge is 0.457 e. The molecule has 1 N–H and O–H groups in total. The number of alkyl halides is 3. The summed E-state index contributed by atoms with van der Waals surface area (Å²) in [6.45, 7) is 0. The van der Waals surface area contributed by atoms with Gasteiger partial charge in [0.05, 0.1) is 11.0 Å². The van der Waals surface area contributed by atoms with Crippen molar-refractivity contribution in [2.45, 2.75) is 29.3 Å². The molecule has 0 spiro atoms. The number of fused-ring (bicyclic) bond motifs is 1. The van der Waals surface area contributed by atoms with Crippen molar-refractivity contribution in [1.29, 1.82) is 0 Å². The van der Waals surface area contributed by atoms with Crippen LogP contribution in [-0.4, -0.2) is 19.0 Å². The van der Waals surface area contributed by atoms with Crippen molar-refractivity contribution in [2.75, 3.05) is 0 Å². The van der Waals surface area contributed by atoms with E-state index in [1.54, 1.807) is 0 Å². The summed E-state index contributed by atoms with van der Waals surface area (Å²) in [5.74, 6) is -2.18. The number of rotatable bonds is 3. The predicted molar refractivity (Wildman–Crippen MR) is 79.4 cm³/mol. The van der Waals surface area contributed by atoms with Gasteiger partial charge in [-0.25, -0.2) is 17.2 Å². The second kappa shape index (κ2) is 6.20. The van der Waals surface area contributed by atoms with Gasteiger partial charge in [-0.3, -0.25) is 0 Å². The predicted octanol–water partition coefficient (Wildman–Crippen LogP) is 4.03. The van der Waals surface area contributed by atoms with Gasteiger partial charge < -0.3 is 9.84 Å². The average molecular weight is 394 g/mol. The van der Waals surface area contributed by atoms with Crippen LogP contribution in [0, 0.1) is 11.6 Å². The molecule has 3 rings (SSSR count). The van der Waals surface area contributed by atoms with Gasteiger partial charge in [-0.15, -0.1) is 0 Å². The highest BCUT2D eigenvalue weighted by molar-refractivity contribution is 7.92. The molecule has 0 heterocycles. The van der Waals surface area contributed by atoms with Gasteiger partial charge in [0, 0.05) is 29.3 Å². The standard InChI is InChI=1S/C16H11F5O4S/c17-8-5-9(18)7-10(6-8)25-13-3-4-14(26(23,24)16(19,20)21)15-11(13)1-2-12(15)22/h3-7,12,22H,1-2H2/t12-/m1/s1. The lowest BCUT2D eigenvalue weighted by atomic mass is 10.1. The Bertz CT molecular complexity index is 949. The minimum atomic E-state index is -5.67. The van der Waals surface area contributed by atoms with Crippen LogP contribution in [-0.2, 0) is 16.3 Å². The Morgan fingerprint density at radius 3 is 2.27 bits per heavy atom. The van der Waals surface area contributed by atoms with E-state index in [1.165, 1.54) is 0 Å². The Labute approximate surface area is 144 Å². The minimum absolute atomic E-state index is 0.00635. The van der Waals surface area contributed by atoms with Gasteiger partial charge in [0.15, 0.2) is 0 Å². The van der Waals surface area contributed by atoms with Crippen LogP contribution in [0.15, 0.2) is 35.2 Å². The third-order valence-corrected chi connectivity index (χ3v) is 5.48. The molecule has 2 aromatic rings. The van der Waals surface area contributed by atoms with Gasteiger partial charge in [-0.05, 0) is 25.0 Å². The molecule has 140 valence electrons. The van der Waals surface area contributed by atoms with Crippen molar-refractivity contribution in [1.82, 2.24) is 0 Å². The van der Waals surface area contributed by atoms with Crippen LogP contribution in [0.2, 0.25) is 0 Å². The Hall–Kier alpha value is -2.20. The summed E-state index contributed by atoms with van der Waals surface area (Å²) in [5.41, 5.74) is -5.89. The van der Waals surface area contributed by atoms with Gasteiger partial charge in [0.25, 0.3) is 9.84 Å². The molecular formula is C16H11F5O4S. The number of benzene rings is 2. The van der Waals surface area contributed by atoms with Gasteiger partial charge in [0.2, 0.25) is 0 Å². The fourth-order valence-corrected chi connectivity index (χ4v) is 3.89. The molecule has 0 saturated carbocycles. The van der Waals surface area contributed by atoms with Gasteiger partial charge in [0.1, 0.15) is 23.1 Å². The quantitative estimate of drug-likeness (QED) is 0.799. The van der Waals surface area contributed by atoms with E-state index in [2.05, 4.69) is 0 Å². The lowest BCUT2D eigenvalue weighted by molar-refractivity contribution is -0.0437. The van der Waals surface area contributed by atoms with E-state index in [4.69, 9.17) is 4.74 Å². The molecule has 0 fully saturated rings.